The first-order valence-electron chi connectivity index (χ1n) is 11.9. The van der Waals surface area contributed by atoms with Crippen molar-refractivity contribution >= 4 is 38.3 Å². The molecule has 6 rings (SSSR count). The average molecular weight is 569 g/mol. The van der Waals surface area contributed by atoms with E-state index in [1.807, 2.05) is 0 Å². The van der Waals surface area contributed by atoms with Gasteiger partial charge in [-0.05, 0) is 35.0 Å². The summed E-state index contributed by atoms with van der Waals surface area (Å²) in [5.74, 6) is -0.959. The van der Waals surface area contributed by atoms with Gasteiger partial charge in [0.25, 0.3) is 5.91 Å². The monoisotopic (exact) mass is 568 g/mol. The van der Waals surface area contributed by atoms with Crippen molar-refractivity contribution in [2.75, 3.05) is 13.1 Å². The minimum absolute atomic E-state index is 0.0482. The highest BCUT2D eigenvalue weighted by Gasteiger charge is 2.56. The van der Waals surface area contributed by atoms with E-state index in [1.54, 1.807) is 24.3 Å². The van der Waals surface area contributed by atoms with Crippen LogP contribution >= 0.6 is 11.6 Å². The predicted octanol–water partition coefficient (Wildman–Crippen LogP) is 0.598. The Kier molecular flexibility index (Phi) is 6.19. The number of fused-ring (bicyclic) bond motifs is 3. The second kappa shape index (κ2) is 9.47. The van der Waals surface area contributed by atoms with E-state index in [0.717, 1.165) is 5.39 Å². The first-order chi connectivity index (χ1) is 18.6. The summed E-state index contributed by atoms with van der Waals surface area (Å²) in [6.45, 7) is -0.460. The SMILES string of the molecule is O=C(c1ncc(-c2cc[n+]([O-])cc2)nn1)N1C2CN(S(=O)(=O)c3ccc4cc(Cl)ccc4c3)CC1C(O)C2O. The molecule has 2 aromatic heterocycles. The van der Waals surface area contributed by atoms with Crippen LogP contribution in [0.25, 0.3) is 22.0 Å². The van der Waals surface area contributed by atoms with E-state index >= 15 is 0 Å². The third-order valence-corrected chi connectivity index (χ3v) is 9.19. The highest BCUT2D eigenvalue weighted by molar-refractivity contribution is 7.89. The van der Waals surface area contributed by atoms with Crippen molar-refractivity contribution in [3.8, 4) is 11.3 Å². The lowest BCUT2D eigenvalue weighted by Gasteiger charge is -2.39. The van der Waals surface area contributed by atoms with Crippen LogP contribution in [0, 0.1) is 5.21 Å². The van der Waals surface area contributed by atoms with Gasteiger partial charge < -0.3 is 20.3 Å². The number of nitrogens with zero attached hydrogens (tertiary/aromatic N) is 6. The van der Waals surface area contributed by atoms with E-state index in [9.17, 15) is 28.6 Å². The Balaban J connectivity index is 1.26. The number of aromatic nitrogens is 4. The van der Waals surface area contributed by atoms with Crippen LogP contribution in [-0.2, 0) is 10.0 Å². The number of hydrogen-bond donors (Lipinski definition) is 2. The minimum Gasteiger partial charge on any atom is -0.619 e. The summed E-state index contributed by atoms with van der Waals surface area (Å²) in [5, 5.41) is 42.6. The second-order valence-electron chi connectivity index (χ2n) is 9.42. The molecule has 0 spiro atoms. The number of pyridine rings is 1. The molecular weight excluding hydrogens is 548 g/mol. The van der Waals surface area contributed by atoms with Gasteiger partial charge in [-0.1, -0.05) is 23.7 Å². The van der Waals surface area contributed by atoms with E-state index in [2.05, 4.69) is 15.2 Å². The number of amides is 1. The topological polar surface area (TPSA) is 164 Å². The Morgan fingerprint density at radius 3 is 2.26 bits per heavy atom. The van der Waals surface area contributed by atoms with Crippen molar-refractivity contribution in [1.82, 2.24) is 24.4 Å². The molecule has 2 aromatic carbocycles. The van der Waals surface area contributed by atoms with Gasteiger partial charge in [-0.3, -0.25) is 4.79 Å². The average Bonchev–Trinajstić information content (AvgIpc) is 3.09. The van der Waals surface area contributed by atoms with E-state index in [0.29, 0.717) is 26.4 Å². The standard InChI is InChI=1S/C25H21ClN6O6S/c26-17-3-1-16-10-18(4-2-15(16)9-17)39(37,38)31-12-20-22(33)23(34)21(13-31)32(20)25(35)24-27-11-19(28-29-24)14-5-7-30(36)8-6-14/h1-11,20-23,33-34H,12-13H2. The summed E-state index contributed by atoms with van der Waals surface area (Å²) in [4.78, 5) is 18.7. The normalized spacial score (nSPS) is 23.3. The summed E-state index contributed by atoms with van der Waals surface area (Å²) in [5.41, 5.74) is 0.909. The van der Waals surface area contributed by atoms with Crippen LogP contribution in [0.5, 0.6) is 0 Å². The molecule has 2 N–H and O–H groups in total. The Labute approximate surface area is 227 Å². The van der Waals surface area contributed by atoms with Gasteiger partial charge in [0, 0.05) is 35.8 Å². The molecule has 0 aliphatic carbocycles. The van der Waals surface area contributed by atoms with Crippen molar-refractivity contribution in [2.45, 2.75) is 29.2 Å². The molecule has 14 heteroatoms. The Bertz CT molecular complexity index is 1670. The molecule has 2 saturated heterocycles. The van der Waals surface area contributed by atoms with Crippen LogP contribution in [0.2, 0.25) is 5.02 Å². The number of carbonyl (C=O) groups excluding carboxylic acids is 1. The number of piperazine rings is 1. The smallest absolute Gasteiger partial charge is 0.294 e. The van der Waals surface area contributed by atoms with Crippen LogP contribution in [0.1, 0.15) is 10.6 Å². The van der Waals surface area contributed by atoms with Gasteiger partial charge in [0.2, 0.25) is 15.8 Å². The van der Waals surface area contributed by atoms with Crippen LogP contribution in [0.4, 0.5) is 0 Å². The summed E-state index contributed by atoms with van der Waals surface area (Å²) in [6, 6.07) is 10.8. The minimum atomic E-state index is -4.02. The van der Waals surface area contributed by atoms with Crippen LogP contribution < -0.4 is 4.73 Å². The van der Waals surface area contributed by atoms with Crippen molar-refractivity contribution in [3.05, 3.63) is 83.2 Å². The maximum Gasteiger partial charge on any atom is 0.294 e. The van der Waals surface area contributed by atoms with Gasteiger partial charge in [0.05, 0.1) is 23.2 Å². The summed E-state index contributed by atoms with van der Waals surface area (Å²) in [6.07, 6.45) is 1.17. The van der Waals surface area contributed by atoms with E-state index in [1.165, 1.54) is 52.1 Å². The lowest BCUT2D eigenvalue weighted by atomic mass is 10.1. The zero-order valence-corrected chi connectivity index (χ0v) is 21.6. The number of rotatable bonds is 4. The van der Waals surface area contributed by atoms with Gasteiger partial charge in [0.1, 0.15) is 17.9 Å². The molecule has 0 saturated carbocycles. The number of carbonyl (C=O) groups is 1. The molecule has 1 amide bonds. The fourth-order valence-corrected chi connectivity index (χ4v) is 6.81. The largest absolute Gasteiger partial charge is 0.619 e. The molecule has 4 aromatic rings. The predicted molar refractivity (Wildman–Crippen MR) is 138 cm³/mol. The van der Waals surface area contributed by atoms with Gasteiger partial charge in [0.15, 0.2) is 12.4 Å². The quantitative estimate of drug-likeness (QED) is 0.265. The maximum absolute atomic E-state index is 13.5. The first-order valence-corrected chi connectivity index (χ1v) is 13.7. The zero-order valence-electron chi connectivity index (χ0n) is 20.1. The molecule has 4 unspecified atom stereocenters. The lowest BCUT2D eigenvalue weighted by molar-refractivity contribution is -0.605. The van der Waals surface area contributed by atoms with Gasteiger partial charge in [-0.2, -0.15) is 9.04 Å². The molecule has 4 atom stereocenters. The van der Waals surface area contributed by atoms with Crippen LogP contribution in [0.3, 0.4) is 0 Å². The summed E-state index contributed by atoms with van der Waals surface area (Å²) >= 11 is 6.03. The molecule has 2 bridgehead atoms. The third-order valence-electron chi connectivity index (χ3n) is 7.13. The number of hydrogen-bond acceptors (Lipinski definition) is 9. The van der Waals surface area contributed by atoms with Crippen molar-refractivity contribution in [2.24, 2.45) is 0 Å². The number of aliphatic hydroxyl groups excluding tert-OH is 2. The molecule has 12 nitrogen and oxygen atoms in total. The Hall–Kier alpha value is -3.75. The fraction of sp³-hybridized carbons (Fsp3) is 0.240. The highest BCUT2D eigenvalue weighted by atomic mass is 35.5. The highest BCUT2D eigenvalue weighted by Crippen LogP contribution is 2.35. The second-order valence-corrected chi connectivity index (χ2v) is 11.8. The lowest BCUT2D eigenvalue weighted by Crippen LogP contribution is -2.59. The van der Waals surface area contributed by atoms with E-state index < -0.39 is 40.2 Å². The Morgan fingerprint density at radius 2 is 1.62 bits per heavy atom. The number of benzene rings is 2. The van der Waals surface area contributed by atoms with Gasteiger partial charge in [-0.15, -0.1) is 10.2 Å². The number of sulfonamides is 1. The van der Waals surface area contributed by atoms with Crippen molar-refractivity contribution < 1.29 is 28.2 Å². The van der Waals surface area contributed by atoms with Crippen molar-refractivity contribution in [1.29, 1.82) is 0 Å². The Morgan fingerprint density at radius 1 is 0.974 bits per heavy atom. The van der Waals surface area contributed by atoms with Crippen LogP contribution in [-0.4, -0.2) is 86.3 Å². The van der Waals surface area contributed by atoms with Gasteiger partial charge in [-0.25, -0.2) is 13.4 Å². The van der Waals surface area contributed by atoms with Crippen LogP contribution in [0.15, 0.2) is 72.0 Å². The molecule has 2 aliphatic heterocycles. The van der Waals surface area contributed by atoms with E-state index in [-0.39, 0.29) is 23.8 Å². The fourth-order valence-electron chi connectivity index (χ4n) is 5.12. The molecular formula is C25H21ClN6O6S. The molecule has 4 heterocycles. The molecule has 39 heavy (non-hydrogen) atoms. The summed E-state index contributed by atoms with van der Waals surface area (Å²) in [7, 11) is -4.02. The number of aliphatic hydroxyl groups is 2. The number of halogens is 1. The van der Waals surface area contributed by atoms with E-state index in [4.69, 9.17) is 11.6 Å². The molecule has 2 fully saturated rings. The zero-order chi connectivity index (χ0) is 27.5. The molecule has 0 radical (unpaired) electrons. The third kappa shape index (κ3) is 4.37. The maximum atomic E-state index is 13.5. The first kappa shape index (κ1) is 25.5. The molecule has 2 aliphatic rings. The van der Waals surface area contributed by atoms with Gasteiger partial charge >= 0.3 is 0 Å². The van der Waals surface area contributed by atoms with Crippen molar-refractivity contribution in [3.63, 3.8) is 0 Å². The summed E-state index contributed by atoms with van der Waals surface area (Å²) < 4.78 is 28.9. The molecule has 200 valence electrons.